The van der Waals surface area contributed by atoms with Crippen LogP contribution in [-0.2, 0) is 62.1 Å². The van der Waals surface area contributed by atoms with Gasteiger partial charge in [0.05, 0.1) is 45.0 Å². The monoisotopic (exact) mass is 1130 g/mol. The zero-order valence-electron chi connectivity index (χ0n) is 43.4. The van der Waals surface area contributed by atoms with Gasteiger partial charge in [-0.1, -0.05) is 78.8 Å². The molecule has 2 aliphatic heterocycles. The topological polar surface area (TPSA) is 387 Å². The predicted octanol–water partition coefficient (Wildman–Crippen LogP) is 4.39. The first kappa shape index (κ1) is 58.5. The highest BCUT2D eigenvalue weighted by Crippen LogP contribution is 2.55. The van der Waals surface area contributed by atoms with Crippen molar-refractivity contribution in [3.05, 3.63) is 69.3 Å². The number of alkyl carbamates (subject to hydrolysis) is 1. The van der Waals surface area contributed by atoms with Crippen LogP contribution in [-0.4, -0.2) is 132 Å². The standard InChI is InChI=1S/C45H60N12O17P2Si/c1-23(2)36(59)52-42-50-34-29(38(61)54-42)47-21-56(34)40-28(49-44(63)67-19-25-14-11-10-12-15-25)31(72-75(64)65)27(71-40)20-69-76(66,68-17-13-16-46)73-32-26(18-58)70-41(33(32)74-77(8,9)45(5,6)7)57-22-48-30-35(57)51-43(55-39(30)62)53-37(60)24(3)4/h10-12,14-15,21-24,26-28,31-33,40-41,58H,13,17-20H2,1-9H3,(H5-,49,50,51,52,53,54,55,59,60,61,62,63,64,65)/p+1/t26-,27-,28-,31-,32-,33-,40-,41-,76?/m1/s1. The number of phosphoric ester groups is 1. The number of anilines is 2. The maximum absolute atomic E-state index is 15.3. The van der Waals surface area contributed by atoms with E-state index < -0.39 is 139 Å². The molecule has 1 aromatic carbocycles. The number of benzene rings is 1. The fraction of sp³-hybridized carbons (Fsp3) is 0.556. The third-order valence-electron chi connectivity index (χ3n) is 12.8. The molecule has 2 fully saturated rings. The molecule has 416 valence electrons. The largest absolute Gasteiger partial charge is 0.695 e. The smallest absolute Gasteiger partial charge is 0.445 e. The molecule has 7 N–H and O–H groups in total. The molecule has 0 bridgehead atoms. The number of fused-ring (bicyclic) bond motifs is 2. The number of phosphoric acid groups is 1. The van der Waals surface area contributed by atoms with E-state index in [1.165, 1.54) is 15.5 Å². The van der Waals surface area contributed by atoms with E-state index in [2.05, 4.69) is 45.9 Å². The summed E-state index contributed by atoms with van der Waals surface area (Å²) in [4.78, 5) is 98.1. The maximum Gasteiger partial charge on any atom is 0.695 e. The number of aromatic nitrogens is 8. The van der Waals surface area contributed by atoms with E-state index in [1.807, 2.05) is 39.9 Å². The van der Waals surface area contributed by atoms with Crippen molar-refractivity contribution in [3.63, 3.8) is 0 Å². The van der Waals surface area contributed by atoms with Gasteiger partial charge in [0.25, 0.3) is 11.1 Å². The Bertz CT molecular complexity index is 3180. The van der Waals surface area contributed by atoms with Gasteiger partial charge in [0.1, 0.15) is 37.1 Å². The summed E-state index contributed by atoms with van der Waals surface area (Å²) in [6, 6.07) is 8.97. The summed E-state index contributed by atoms with van der Waals surface area (Å²) in [6.07, 6.45) is -9.47. The molecule has 77 heavy (non-hydrogen) atoms. The molecule has 0 aliphatic carbocycles. The van der Waals surface area contributed by atoms with Crippen molar-refractivity contribution < 1.29 is 70.2 Å². The Hall–Kier alpha value is -6.19. The number of amides is 3. The Morgan fingerprint density at radius 3 is 1.96 bits per heavy atom. The minimum absolute atomic E-state index is 0.0704. The molecule has 2 unspecified atom stereocenters. The van der Waals surface area contributed by atoms with Gasteiger partial charge in [-0.2, -0.15) is 15.2 Å². The number of aromatic amines is 2. The van der Waals surface area contributed by atoms with E-state index in [9.17, 15) is 43.8 Å². The van der Waals surface area contributed by atoms with Crippen LogP contribution < -0.4 is 27.1 Å². The number of hydrogen-bond acceptors (Lipinski definition) is 21. The number of aliphatic hydroxyl groups is 1. The number of carbonyl (C=O) groups is 3. The lowest BCUT2D eigenvalue weighted by molar-refractivity contribution is -0.119. The minimum atomic E-state index is -5.09. The predicted molar refractivity (Wildman–Crippen MR) is 273 cm³/mol. The van der Waals surface area contributed by atoms with Gasteiger partial charge in [-0.05, 0) is 23.7 Å². The van der Waals surface area contributed by atoms with Crippen molar-refractivity contribution in [3.8, 4) is 6.07 Å². The number of ether oxygens (including phenoxy) is 3. The van der Waals surface area contributed by atoms with E-state index in [-0.39, 0.29) is 47.3 Å². The van der Waals surface area contributed by atoms with E-state index in [0.29, 0.717) is 5.56 Å². The van der Waals surface area contributed by atoms with Crippen LogP contribution in [0.25, 0.3) is 22.3 Å². The molecule has 7 rings (SSSR count). The molecule has 29 nitrogen and oxygen atoms in total. The Morgan fingerprint density at radius 2 is 1.44 bits per heavy atom. The summed E-state index contributed by atoms with van der Waals surface area (Å²) in [6.45, 7) is 13.7. The van der Waals surface area contributed by atoms with Crippen LogP contribution in [0.2, 0.25) is 18.1 Å². The number of carbonyl (C=O) groups excluding carboxylic acids is 3. The number of nitriles is 1. The van der Waals surface area contributed by atoms with Gasteiger partial charge in [-0.25, -0.2) is 19.3 Å². The van der Waals surface area contributed by atoms with Crippen LogP contribution >= 0.6 is 16.1 Å². The molecule has 2 saturated heterocycles. The summed E-state index contributed by atoms with van der Waals surface area (Å²) < 4.78 is 79.2. The molecule has 4 aromatic heterocycles. The number of rotatable bonds is 22. The first-order chi connectivity index (χ1) is 36.3. The molecular formula is C45H61N12O17P2Si+. The van der Waals surface area contributed by atoms with Crippen molar-refractivity contribution >= 4 is 76.5 Å². The van der Waals surface area contributed by atoms with Crippen molar-refractivity contribution in [2.75, 3.05) is 30.5 Å². The number of aliphatic hydroxyl groups excluding tert-OH is 1. The van der Waals surface area contributed by atoms with Gasteiger partial charge in [0, 0.05) is 16.4 Å². The lowest BCUT2D eigenvalue weighted by atomic mass is 10.1. The van der Waals surface area contributed by atoms with Crippen LogP contribution in [0.4, 0.5) is 16.7 Å². The quantitative estimate of drug-likeness (QED) is 0.0287. The molecule has 6 heterocycles. The normalized spacial score (nSPS) is 22.8. The van der Waals surface area contributed by atoms with Crippen molar-refractivity contribution in [1.82, 2.24) is 44.4 Å². The summed E-state index contributed by atoms with van der Waals surface area (Å²) in [5, 5.41) is 27.6. The second-order valence-electron chi connectivity index (χ2n) is 20.0. The molecule has 5 aromatic rings. The van der Waals surface area contributed by atoms with E-state index in [4.69, 9.17) is 36.7 Å². The van der Waals surface area contributed by atoms with E-state index in [1.54, 1.807) is 58.0 Å². The van der Waals surface area contributed by atoms with Crippen LogP contribution in [0.1, 0.15) is 72.9 Å². The van der Waals surface area contributed by atoms with Crippen LogP contribution in [0.3, 0.4) is 0 Å². The molecular weight excluding hydrogens is 1070 g/mol. The Morgan fingerprint density at radius 1 is 0.883 bits per heavy atom. The summed E-state index contributed by atoms with van der Waals surface area (Å²) in [5.74, 6) is -2.41. The van der Waals surface area contributed by atoms with E-state index in [0.717, 1.165) is 6.33 Å². The first-order valence-electron chi connectivity index (χ1n) is 24.2. The molecule has 3 amide bonds. The van der Waals surface area contributed by atoms with Gasteiger partial charge < -0.3 is 29.1 Å². The van der Waals surface area contributed by atoms with Gasteiger partial charge >= 0.3 is 22.2 Å². The summed E-state index contributed by atoms with van der Waals surface area (Å²) in [5.41, 5.74) is -1.54. The number of nitrogens with zero attached hydrogens (tertiary/aromatic N) is 7. The molecule has 10 atom stereocenters. The van der Waals surface area contributed by atoms with E-state index >= 15 is 4.57 Å². The highest BCUT2D eigenvalue weighted by Gasteiger charge is 2.56. The number of imidazole rings is 2. The fourth-order valence-corrected chi connectivity index (χ4v) is 10.9. The van der Waals surface area contributed by atoms with Gasteiger partial charge in [0.15, 0.2) is 49.2 Å². The van der Waals surface area contributed by atoms with Crippen LogP contribution in [0.15, 0.2) is 52.6 Å². The van der Waals surface area contributed by atoms with Gasteiger partial charge in [-0.15, -0.1) is 9.42 Å². The first-order valence-corrected chi connectivity index (χ1v) is 29.7. The zero-order valence-corrected chi connectivity index (χ0v) is 46.2. The molecule has 32 heteroatoms. The number of nitrogens with one attached hydrogen (secondary N) is 5. The third-order valence-corrected chi connectivity index (χ3v) is 19.2. The summed E-state index contributed by atoms with van der Waals surface area (Å²) >= 11 is 0. The number of hydrogen-bond donors (Lipinski definition) is 7. The zero-order chi connectivity index (χ0) is 56.1. The fourth-order valence-electron chi connectivity index (χ4n) is 7.73. The lowest BCUT2D eigenvalue weighted by Gasteiger charge is -2.40. The van der Waals surface area contributed by atoms with Crippen LogP contribution in [0, 0.1) is 23.2 Å². The Balaban J connectivity index is 1.26. The van der Waals surface area contributed by atoms with Crippen molar-refractivity contribution in [1.29, 1.82) is 5.26 Å². The van der Waals surface area contributed by atoms with Gasteiger partial charge in [-0.3, -0.25) is 62.5 Å². The van der Waals surface area contributed by atoms with Crippen molar-refractivity contribution in [2.45, 2.75) is 129 Å². The lowest BCUT2D eigenvalue weighted by Crippen LogP contribution is -2.49. The van der Waals surface area contributed by atoms with Gasteiger partial charge in [0.2, 0.25) is 23.7 Å². The Kier molecular flexibility index (Phi) is 18.4. The second-order valence-corrected chi connectivity index (χ2v) is 27.1. The minimum Gasteiger partial charge on any atom is -0.445 e. The number of H-pyrrole nitrogens is 2. The van der Waals surface area contributed by atoms with Crippen molar-refractivity contribution in [2.24, 2.45) is 11.8 Å². The SMILES string of the molecule is CC(C)C(=O)Nc1nc2c(ncn2[C@@H]2O[C@H](COP(=O)(OCCC#N)O[C@H]3[C@@H](O[Si](C)(C)C(C)(C)C)[C@H](n4cnc5c(=O)[nH]c(NC(=O)C(C)C)nc54)O[C@@H]3CO)[C@@H](O[P+](=O)O)[C@H]2NC(=O)OCc2ccccc2)c(=O)[nH]1. The van der Waals surface area contributed by atoms with Crippen LogP contribution in [0.5, 0.6) is 0 Å². The highest BCUT2D eigenvalue weighted by atomic mass is 31.2. The second kappa shape index (κ2) is 24.2. The molecule has 2 aliphatic rings. The average molecular weight is 1130 g/mol. The highest BCUT2D eigenvalue weighted by molar-refractivity contribution is 7.48. The average Bonchev–Trinajstić information content (AvgIpc) is 4.15. The Labute approximate surface area is 441 Å². The maximum atomic E-state index is 15.3. The molecule has 0 spiro atoms. The summed E-state index contributed by atoms with van der Waals surface area (Å²) in [7, 11) is -11.6. The molecule has 0 radical (unpaired) electrons. The molecule has 0 saturated carbocycles. The third kappa shape index (κ3) is 13.6.